The first-order valence-corrected chi connectivity index (χ1v) is 12.0. The number of ketones is 1. The summed E-state index contributed by atoms with van der Waals surface area (Å²) in [7, 11) is 0. The number of Topliss-reactive ketones (excluding diaryl/α,β-unsaturated/α-hetero) is 1. The summed E-state index contributed by atoms with van der Waals surface area (Å²) in [5.74, 6) is -1.45. The molecule has 0 saturated heterocycles. The number of esters is 1. The Balaban J connectivity index is 1.23. The van der Waals surface area contributed by atoms with Crippen LogP contribution in [0.1, 0.15) is 44.9 Å². The van der Waals surface area contributed by atoms with Gasteiger partial charge < -0.3 is 14.8 Å². The first-order valence-electron chi connectivity index (χ1n) is 11.1. The molecule has 0 fully saturated rings. The van der Waals surface area contributed by atoms with Crippen LogP contribution in [0.25, 0.3) is 17.2 Å². The minimum absolute atomic E-state index is 0.0309. The highest BCUT2D eigenvalue weighted by atomic mass is 32.1. The van der Waals surface area contributed by atoms with Gasteiger partial charge in [0.05, 0.1) is 11.5 Å². The lowest BCUT2D eigenvalue weighted by Gasteiger charge is -2.14. The number of fused-ring (bicyclic) bond motifs is 3. The summed E-state index contributed by atoms with van der Waals surface area (Å²) in [5.41, 5.74) is 4.74. The van der Waals surface area contributed by atoms with Crippen LogP contribution in [0.5, 0.6) is 0 Å². The molecule has 0 bridgehead atoms. The molecule has 2 aromatic carbocycles. The second-order valence-corrected chi connectivity index (χ2v) is 8.81. The zero-order chi connectivity index (χ0) is 23.9. The van der Waals surface area contributed by atoms with E-state index in [1.165, 1.54) is 33.6 Å². The van der Waals surface area contributed by atoms with Crippen molar-refractivity contribution in [2.45, 2.75) is 19.3 Å². The monoisotopic (exact) mass is 475 g/mol. The molecule has 0 atom stereocenters. The van der Waals surface area contributed by atoms with Crippen molar-refractivity contribution in [3.63, 3.8) is 0 Å². The van der Waals surface area contributed by atoms with Gasteiger partial charge in [-0.1, -0.05) is 54.6 Å². The maximum Gasteiger partial charge on any atom is 0.407 e. The molecular formula is C27H25NO5S. The van der Waals surface area contributed by atoms with Gasteiger partial charge in [-0.2, -0.15) is 0 Å². The van der Waals surface area contributed by atoms with E-state index in [1.807, 2.05) is 36.4 Å². The summed E-state index contributed by atoms with van der Waals surface area (Å²) in [6.07, 6.45) is 3.90. The fraction of sp³-hybridized carbons (Fsp3) is 0.222. The van der Waals surface area contributed by atoms with Crippen molar-refractivity contribution in [1.29, 1.82) is 0 Å². The molecule has 6 nitrogen and oxygen atoms in total. The summed E-state index contributed by atoms with van der Waals surface area (Å²) in [4.78, 5) is 36.9. The number of alkyl carbamates (subject to hydrolysis) is 1. The van der Waals surface area contributed by atoms with Crippen molar-refractivity contribution in [3.05, 3.63) is 87.6 Å². The molecule has 1 amide bonds. The highest BCUT2D eigenvalue weighted by Crippen LogP contribution is 2.44. The van der Waals surface area contributed by atoms with Crippen LogP contribution in [-0.4, -0.2) is 37.6 Å². The number of rotatable bonds is 9. The zero-order valence-electron chi connectivity index (χ0n) is 18.8. The minimum atomic E-state index is -0.841. The minimum Gasteiger partial charge on any atom is -0.460 e. The number of nitrogens with one attached hydrogen (secondary N) is 1. The highest BCUT2D eigenvalue weighted by Gasteiger charge is 2.28. The summed E-state index contributed by atoms with van der Waals surface area (Å²) >= 11 is 1.22. The fourth-order valence-corrected chi connectivity index (χ4v) is 4.83. The lowest BCUT2D eigenvalue weighted by atomic mass is 9.98. The topological polar surface area (TPSA) is 81.7 Å². The normalized spacial score (nSPS) is 12.3. The number of carbonyl (C=O) groups excluding carboxylic acids is 3. The number of amides is 1. The molecule has 1 aromatic heterocycles. The predicted octanol–water partition coefficient (Wildman–Crippen LogP) is 5.44. The molecule has 4 rings (SSSR count). The maximum absolute atomic E-state index is 12.2. The third kappa shape index (κ3) is 5.26. The summed E-state index contributed by atoms with van der Waals surface area (Å²) in [5, 5.41) is 2.77. The molecular weight excluding hydrogens is 450 g/mol. The van der Waals surface area contributed by atoms with Crippen LogP contribution < -0.4 is 5.32 Å². The van der Waals surface area contributed by atoms with Crippen LogP contribution in [0.4, 0.5) is 4.79 Å². The lowest BCUT2D eigenvalue weighted by Crippen LogP contribution is -2.26. The van der Waals surface area contributed by atoms with Crippen molar-refractivity contribution >= 4 is 35.3 Å². The molecule has 1 aliphatic rings. The van der Waals surface area contributed by atoms with Crippen molar-refractivity contribution in [3.8, 4) is 11.1 Å². The van der Waals surface area contributed by atoms with Gasteiger partial charge in [-0.3, -0.25) is 4.79 Å². The molecule has 1 N–H and O–H groups in total. The third-order valence-electron chi connectivity index (χ3n) is 5.52. The standard InChI is InChI=1S/C27H25NO5S/c1-2-32-26(30)25(29)24-15-14-18(34-24)9-7-8-16-28-27(31)33-17-23-21-12-5-3-10-19(21)20-11-4-6-13-22(20)23/h3-7,9-15,23H,2,8,16-17H2,1H3,(H,28,31). The summed E-state index contributed by atoms with van der Waals surface area (Å²) < 4.78 is 10.3. The Kier molecular flexibility index (Phi) is 7.54. The van der Waals surface area contributed by atoms with Crippen molar-refractivity contribution in [1.82, 2.24) is 5.32 Å². The zero-order valence-corrected chi connectivity index (χ0v) is 19.6. The number of hydrogen-bond acceptors (Lipinski definition) is 6. The van der Waals surface area contributed by atoms with E-state index in [2.05, 4.69) is 29.6 Å². The van der Waals surface area contributed by atoms with E-state index in [4.69, 9.17) is 9.47 Å². The van der Waals surface area contributed by atoms with Gasteiger partial charge in [0.25, 0.3) is 5.78 Å². The van der Waals surface area contributed by atoms with Gasteiger partial charge in [-0.25, -0.2) is 9.59 Å². The van der Waals surface area contributed by atoms with Crippen LogP contribution in [0.2, 0.25) is 0 Å². The van der Waals surface area contributed by atoms with Crippen molar-refractivity contribution < 1.29 is 23.9 Å². The molecule has 7 heteroatoms. The highest BCUT2D eigenvalue weighted by molar-refractivity contribution is 7.15. The Hall–Kier alpha value is -3.71. The molecule has 174 valence electrons. The first-order chi connectivity index (χ1) is 16.6. The average Bonchev–Trinajstić information content (AvgIpc) is 3.45. The average molecular weight is 476 g/mol. The van der Waals surface area contributed by atoms with Crippen LogP contribution in [0.15, 0.2) is 66.7 Å². The van der Waals surface area contributed by atoms with Gasteiger partial charge in [-0.15, -0.1) is 11.3 Å². The van der Waals surface area contributed by atoms with Crippen LogP contribution >= 0.6 is 11.3 Å². The number of carbonyl (C=O) groups is 3. The summed E-state index contributed by atoms with van der Waals surface area (Å²) in [6, 6.07) is 19.8. The Morgan fingerprint density at radius 1 is 0.941 bits per heavy atom. The Bertz CT molecular complexity index is 1180. The smallest absolute Gasteiger partial charge is 0.407 e. The van der Waals surface area contributed by atoms with E-state index in [-0.39, 0.29) is 19.1 Å². The van der Waals surface area contributed by atoms with Gasteiger partial charge in [-0.05, 0) is 53.8 Å². The molecule has 1 aliphatic carbocycles. The van der Waals surface area contributed by atoms with Crippen LogP contribution in [0.3, 0.4) is 0 Å². The van der Waals surface area contributed by atoms with E-state index >= 15 is 0 Å². The lowest BCUT2D eigenvalue weighted by molar-refractivity contribution is -0.137. The number of hydrogen-bond donors (Lipinski definition) is 1. The molecule has 34 heavy (non-hydrogen) atoms. The molecule has 0 spiro atoms. The maximum atomic E-state index is 12.2. The Morgan fingerprint density at radius 3 is 2.29 bits per heavy atom. The van der Waals surface area contributed by atoms with Gasteiger partial charge in [0.1, 0.15) is 6.61 Å². The van der Waals surface area contributed by atoms with Crippen LogP contribution in [0, 0.1) is 0 Å². The Labute approximate surface area is 202 Å². The van der Waals surface area contributed by atoms with Gasteiger partial charge in [0, 0.05) is 17.3 Å². The first kappa shape index (κ1) is 23.4. The fourth-order valence-electron chi connectivity index (χ4n) is 3.97. The van der Waals surface area contributed by atoms with E-state index in [9.17, 15) is 14.4 Å². The summed E-state index contributed by atoms with van der Waals surface area (Å²) in [6.45, 7) is 2.53. The van der Waals surface area contributed by atoms with E-state index < -0.39 is 17.8 Å². The number of benzene rings is 2. The quantitative estimate of drug-likeness (QED) is 0.193. The number of ether oxygens (including phenoxy) is 2. The third-order valence-corrected chi connectivity index (χ3v) is 6.57. The predicted molar refractivity (Wildman–Crippen MR) is 132 cm³/mol. The van der Waals surface area contributed by atoms with Crippen molar-refractivity contribution in [2.24, 2.45) is 0 Å². The molecule has 0 radical (unpaired) electrons. The molecule has 1 heterocycles. The van der Waals surface area contributed by atoms with Crippen LogP contribution in [-0.2, 0) is 14.3 Å². The second kappa shape index (κ2) is 10.9. The Morgan fingerprint density at radius 2 is 1.62 bits per heavy atom. The SMILES string of the molecule is CCOC(=O)C(=O)c1ccc(C=CCCNC(=O)OCC2c3ccccc3-c3ccccc32)s1. The van der Waals surface area contributed by atoms with E-state index in [1.54, 1.807) is 19.1 Å². The molecule has 0 unspecified atom stereocenters. The largest absolute Gasteiger partial charge is 0.460 e. The molecule has 3 aromatic rings. The van der Waals surface area contributed by atoms with Gasteiger partial charge in [0.15, 0.2) is 0 Å². The van der Waals surface area contributed by atoms with Crippen molar-refractivity contribution in [2.75, 3.05) is 19.8 Å². The van der Waals surface area contributed by atoms with Gasteiger partial charge >= 0.3 is 12.1 Å². The van der Waals surface area contributed by atoms with E-state index in [0.29, 0.717) is 17.8 Å². The molecule has 0 aliphatic heterocycles. The van der Waals surface area contributed by atoms with Gasteiger partial charge in [0.2, 0.25) is 0 Å². The molecule has 0 saturated carbocycles. The van der Waals surface area contributed by atoms with E-state index in [0.717, 1.165) is 4.88 Å². The number of thiophene rings is 1. The second-order valence-electron chi connectivity index (χ2n) is 7.69.